The van der Waals surface area contributed by atoms with Gasteiger partial charge in [-0.05, 0) is 17.0 Å². The second kappa shape index (κ2) is 3.24. The SMILES string of the molecule is COc1ccc(C2CO2)c2ccccc12. The third kappa shape index (κ3) is 1.38. The maximum Gasteiger partial charge on any atom is 0.126 e. The van der Waals surface area contributed by atoms with Crippen LogP contribution in [0.3, 0.4) is 0 Å². The molecule has 0 radical (unpaired) electrons. The minimum absolute atomic E-state index is 0.292. The lowest BCUT2D eigenvalue weighted by molar-refractivity contribution is 0.413. The van der Waals surface area contributed by atoms with Gasteiger partial charge in [-0.15, -0.1) is 0 Å². The molecule has 0 amide bonds. The maximum absolute atomic E-state index is 5.34. The Morgan fingerprint density at radius 2 is 1.87 bits per heavy atom. The molecule has 1 atom stereocenters. The van der Waals surface area contributed by atoms with E-state index in [9.17, 15) is 0 Å². The van der Waals surface area contributed by atoms with Gasteiger partial charge in [0.05, 0.1) is 13.7 Å². The lowest BCUT2D eigenvalue weighted by Gasteiger charge is -2.08. The van der Waals surface area contributed by atoms with Crippen molar-refractivity contribution in [1.29, 1.82) is 0 Å². The van der Waals surface area contributed by atoms with Crippen molar-refractivity contribution in [2.24, 2.45) is 0 Å². The lowest BCUT2D eigenvalue weighted by Crippen LogP contribution is -1.89. The van der Waals surface area contributed by atoms with Crippen molar-refractivity contribution >= 4 is 10.8 Å². The number of hydrogen-bond acceptors (Lipinski definition) is 2. The first kappa shape index (κ1) is 8.74. The zero-order chi connectivity index (χ0) is 10.3. The van der Waals surface area contributed by atoms with E-state index in [1.165, 1.54) is 10.9 Å². The molecule has 1 aliphatic rings. The summed E-state index contributed by atoms with van der Waals surface area (Å²) in [6.07, 6.45) is 0.292. The van der Waals surface area contributed by atoms with Crippen molar-refractivity contribution < 1.29 is 9.47 Å². The Morgan fingerprint density at radius 3 is 2.53 bits per heavy atom. The van der Waals surface area contributed by atoms with E-state index in [1.54, 1.807) is 7.11 Å². The fourth-order valence-corrected chi connectivity index (χ4v) is 1.98. The summed E-state index contributed by atoms with van der Waals surface area (Å²) in [5.41, 5.74) is 1.27. The highest BCUT2D eigenvalue weighted by atomic mass is 16.6. The topological polar surface area (TPSA) is 21.8 Å². The van der Waals surface area contributed by atoms with Gasteiger partial charge < -0.3 is 9.47 Å². The summed E-state index contributed by atoms with van der Waals surface area (Å²) in [4.78, 5) is 0. The van der Waals surface area contributed by atoms with E-state index in [4.69, 9.17) is 9.47 Å². The van der Waals surface area contributed by atoms with Crippen molar-refractivity contribution in [3.8, 4) is 5.75 Å². The summed E-state index contributed by atoms with van der Waals surface area (Å²) in [5.74, 6) is 0.926. The van der Waals surface area contributed by atoms with Gasteiger partial charge in [-0.3, -0.25) is 0 Å². The minimum atomic E-state index is 0.292. The first-order valence-corrected chi connectivity index (χ1v) is 5.07. The predicted molar refractivity (Wildman–Crippen MR) is 59.2 cm³/mol. The molecule has 1 heterocycles. The van der Waals surface area contributed by atoms with Crippen molar-refractivity contribution in [2.75, 3.05) is 13.7 Å². The molecule has 0 N–H and O–H groups in total. The quantitative estimate of drug-likeness (QED) is 0.695. The zero-order valence-electron chi connectivity index (χ0n) is 8.57. The highest BCUT2D eigenvalue weighted by Gasteiger charge is 2.26. The minimum Gasteiger partial charge on any atom is -0.496 e. The largest absolute Gasteiger partial charge is 0.496 e. The molecule has 2 heteroatoms. The molecular weight excluding hydrogens is 188 g/mol. The molecule has 2 aromatic carbocycles. The van der Waals surface area contributed by atoms with Crippen LogP contribution in [0.2, 0.25) is 0 Å². The van der Waals surface area contributed by atoms with Crippen molar-refractivity contribution in [1.82, 2.24) is 0 Å². The van der Waals surface area contributed by atoms with Crippen LogP contribution in [0, 0.1) is 0 Å². The zero-order valence-corrected chi connectivity index (χ0v) is 8.57. The molecule has 0 aromatic heterocycles. The molecule has 0 saturated carbocycles. The van der Waals surface area contributed by atoms with Crippen LogP contribution in [-0.2, 0) is 4.74 Å². The van der Waals surface area contributed by atoms with E-state index in [0.717, 1.165) is 17.7 Å². The molecule has 76 valence electrons. The summed E-state index contributed by atoms with van der Waals surface area (Å²) < 4.78 is 10.7. The Morgan fingerprint density at radius 1 is 1.13 bits per heavy atom. The Balaban J connectivity index is 2.30. The van der Waals surface area contributed by atoms with Gasteiger partial charge in [0.1, 0.15) is 11.9 Å². The molecule has 0 aliphatic carbocycles. The number of methoxy groups -OCH3 is 1. The first-order chi connectivity index (χ1) is 7.40. The molecule has 2 aromatic rings. The van der Waals surface area contributed by atoms with Crippen molar-refractivity contribution in [3.05, 3.63) is 42.0 Å². The highest BCUT2D eigenvalue weighted by molar-refractivity contribution is 5.91. The number of epoxide rings is 1. The van der Waals surface area contributed by atoms with Gasteiger partial charge in [0.2, 0.25) is 0 Å². The number of ether oxygens (including phenoxy) is 2. The second-order valence-corrected chi connectivity index (χ2v) is 3.72. The molecule has 1 saturated heterocycles. The summed E-state index contributed by atoms with van der Waals surface area (Å²) in [6, 6.07) is 12.4. The Kier molecular flexibility index (Phi) is 1.89. The average molecular weight is 200 g/mol. The number of benzene rings is 2. The molecule has 1 aliphatic heterocycles. The van der Waals surface area contributed by atoms with Gasteiger partial charge in [-0.1, -0.05) is 30.3 Å². The van der Waals surface area contributed by atoms with Gasteiger partial charge in [0.25, 0.3) is 0 Å². The summed E-state index contributed by atoms with van der Waals surface area (Å²) in [7, 11) is 1.70. The summed E-state index contributed by atoms with van der Waals surface area (Å²) in [6.45, 7) is 0.844. The van der Waals surface area contributed by atoms with Crippen LogP contribution < -0.4 is 4.74 Å². The number of rotatable bonds is 2. The lowest BCUT2D eigenvalue weighted by atomic mass is 10.0. The van der Waals surface area contributed by atoms with E-state index in [2.05, 4.69) is 18.2 Å². The Labute approximate surface area is 88.4 Å². The Bertz CT molecular complexity index is 501. The molecule has 15 heavy (non-hydrogen) atoms. The molecule has 1 fully saturated rings. The number of fused-ring (bicyclic) bond motifs is 1. The third-order valence-electron chi connectivity index (χ3n) is 2.82. The van der Waals surface area contributed by atoms with E-state index in [-0.39, 0.29) is 0 Å². The molecule has 3 rings (SSSR count). The van der Waals surface area contributed by atoms with Crippen molar-refractivity contribution in [3.63, 3.8) is 0 Å². The highest BCUT2D eigenvalue weighted by Crippen LogP contribution is 2.37. The predicted octanol–water partition coefficient (Wildman–Crippen LogP) is 2.92. The van der Waals surface area contributed by atoms with E-state index in [1.807, 2.05) is 18.2 Å². The smallest absolute Gasteiger partial charge is 0.126 e. The van der Waals surface area contributed by atoms with Crippen molar-refractivity contribution in [2.45, 2.75) is 6.10 Å². The van der Waals surface area contributed by atoms with Crippen LogP contribution in [-0.4, -0.2) is 13.7 Å². The van der Waals surface area contributed by atoms with E-state index < -0.39 is 0 Å². The molecule has 2 nitrogen and oxygen atoms in total. The van der Waals surface area contributed by atoms with Crippen LogP contribution in [0.4, 0.5) is 0 Å². The molecule has 0 spiro atoms. The van der Waals surface area contributed by atoms with Gasteiger partial charge in [0.15, 0.2) is 0 Å². The molecule has 0 bridgehead atoms. The number of hydrogen-bond donors (Lipinski definition) is 0. The van der Waals surface area contributed by atoms with Crippen LogP contribution in [0.1, 0.15) is 11.7 Å². The molecular formula is C13H12O2. The van der Waals surface area contributed by atoms with Crippen LogP contribution >= 0.6 is 0 Å². The van der Waals surface area contributed by atoms with Gasteiger partial charge in [-0.2, -0.15) is 0 Å². The van der Waals surface area contributed by atoms with Crippen LogP contribution in [0.15, 0.2) is 36.4 Å². The first-order valence-electron chi connectivity index (χ1n) is 5.07. The Hall–Kier alpha value is -1.54. The van der Waals surface area contributed by atoms with Gasteiger partial charge >= 0.3 is 0 Å². The van der Waals surface area contributed by atoms with Crippen LogP contribution in [0.25, 0.3) is 10.8 Å². The molecule has 1 unspecified atom stereocenters. The third-order valence-corrected chi connectivity index (χ3v) is 2.82. The maximum atomic E-state index is 5.34. The average Bonchev–Trinajstić information content (AvgIpc) is 3.11. The summed E-state index contributed by atoms with van der Waals surface area (Å²) in [5, 5.41) is 2.40. The monoisotopic (exact) mass is 200 g/mol. The van der Waals surface area contributed by atoms with E-state index in [0.29, 0.717) is 6.10 Å². The van der Waals surface area contributed by atoms with Gasteiger partial charge in [-0.25, -0.2) is 0 Å². The standard InChI is InChI=1S/C13H12O2/c1-14-12-7-6-11(13-8-15-13)9-4-2-3-5-10(9)12/h2-7,13H,8H2,1H3. The van der Waals surface area contributed by atoms with Crippen LogP contribution in [0.5, 0.6) is 5.75 Å². The summed E-state index contributed by atoms with van der Waals surface area (Å²) >= 11 is 0. The fourth-order valence-electron chi connectivity index (χ4n) is 1.98. The fraction of sp³-hybridized carbons (Fsp3) is 0.231. The van der Waals surface area contributed by atoms with E-state index >= 15 is 0 Å². The normalized spacial score (nSPS) is 19.1. The second-order valence-electron chi connectivity index (χ2n) is 3.72. The van der Waals surface area contributed by atoms with Gasteiger partial charge in [0, 0.05) is 5.39 Å².